The van der Waals surface area contributed by atoms with E-state index in [1.54, 1.807) is 4.31 Å². The molecule has 5 nitrogen and oxygen atoms in total. The summed E-state index contributed by atoms with van der Waals surface area (Å²) in [6.45, 7) is 6.08. The lowest BCUT2D eigenvalue weighted by Gasteiger charge is -2.22. The Morgan fingerprint density at radius 1 is 1.00 bits per heavy atom. The minimum atomic E-state index is -3.17. The first kappa shape index (κ1) is 19.9. The van der Waals surface area contributed by atoms with Crippen molar-refractivity contribution in [3.8, 4) is 0 Å². The average molecular weight is 367 g/mol. The summed E-state index contributed by atoms with van der Waals surface area (Å²) in [4.78, 5) is 14.3. The molecule has 0 aromatic heterocycles. The lowest BCUT2D eigenvalue weighted by Crippen LogP contribution is -2.38. The Labute approximate surface area is 152 Å². The van der Waals surface area contributed by atoms with Crippen LogP contribution in [0, 0.1) is 0 Å². The van der Waals surface area contributed by atoms with Crippen molar-refractivity contribution in [2.75, 3.05) is 31.9 Å². The predicted molar refractivity (Wildman–Crippen MR) is 101 cm³/mol. The normalized spacial score (nSPS) is 16.6. The third-order valence-electron chi connectivity index (χ3n) is 4.72. The molecule has 1 fully saturated rings. The quantitative estimate of drug-likeness (QED) is 0.745. The second kappa shape index (κ2) is 9.34. The van der Waals surface area contributed by atoms with Crippen molar-refractivity contribution in [1.82, 2.24) is 9.21 Å². The van der Waals surface area contributed by atoms with Crippen molar-refractivity contribution in [1.29, 1.82) is 0 Å². The topological polar surface area (TPSA) is 57.7 Å². The van der Waals surface area contributed by atoms with E-state index in [1.165, 1.54) is 11.1 Å². The van der Waals surface area contributed by atoms with Gasteiger partial charge in [0.25, 0.3) is 0 Å². The summed E-state index contributed by atoms with van der Waals surface area (Å²) in [7, 11) is -3.17. The van der Waals surface area contributed by atoms with E-state index in [9.17, 15) is 13.2 Å². The van der Waals surface area contributed by atoms with Crippen LogP contribution >= 0.6 is 0 Å². The predicted octanol–water partition coefficient (Wildman–Crippen LogP) is 2.46. The highest BCUT2D eigenvalue weighted by molar-refractivity contribution is 7.89. The Balaban J connectivity index is 1.85. The number of carbonyl (C=O) groups excluding carboxylic acids is 1. The van der Waals surface area contributed by atoms with Crippen LogP contribution < -0.4 is 0 Å². The SMILES string of the molecule is CCCS(=O)(=O)N1CCCN(C(=O)CCc2ccc(CC)cc2)CC1. The molecule has 0 spiro atoms. The highest BCUT2D eigenvalue weighted by Crippen LogP contribution is 2.12. The molecule has 0 unspecified atom stereocenters. The van der Waals surface area contributed by atoms with Crippen molar-refractivity contribution in [3.05, 3.63) is 35.4 Å². The van der Waals surface area contributed by atoms with Gasteiger partial charge < -0.3 is 4.90 Å². The molecule has 0 atom stereocenters. The minimum absolute atomic E-state index is 0.120. The summed E-state index contributed by atoms with van der Waals surface area (Å²) >= 11 is 0. The van der Waals surface area contributed by atoms with Crippen LogP contribution in [0.2, 0.25) is 0 Å². The van der Waals surface area contributed by atoms with Gasteiger partial charge >= 0.3 is 0 Å². The van der Waals surface area contributed by atoms with E-state index in [-0.39, 0.29) is 11.7 Å². The van der Waals surface area contributed by atoms with Gasteiger partial charge in [-0.25, -0.2) is 12.7 Å². The molecule has 1 aromatic rings. The molecule has 25 heavy (non-hydrogen) atoms. The maximum Gasteiger partial charge on any atom is 0.222 e. The molecule has 0 aliphatic carbocycles. The van der Waals surface area contributed by atoms with Crippen LogP contribution in [0.1, 0.15) is 44.2 Å². The summed E-state index contributed by atoms with van der Waals surface area (Å²) in [5.74, 6) is 0.309. The van der Waals surface area contributed by atoms with Crippen molar-refractivity contribution in [3.63, 3.8) is 0 Å². The third-order valence-corrected chi connectivity index (χ3v) is 6.80. The van der Waals surface area contributed by atoms with E-state index >= 15 is 0 Å². The first-order valence-electron chi connectivity index (χ1n) is 9.29. The molecule has 6 heteroatoms. The summed E-state index contributed by atoms with van der Waals surface area (Å²) in [5.41, 5.74) is 2.48. The molecule has 1 aliphatic rings. The van der Waals surface area contributed by atoms with Crippen LogP contribution in [0.15, 0.2) is 24.3 Å². The smallest absolute Gasteiger partial charge is 0.222 e. The number of hydrogen-bond acceptors (Lipinski definition) is 3. The summed E-state index contributed by atoms with van der Waals surface area (Å²) in [6, 6.07) is 8.41. The molecule has 0 saturated carbocycles. The number of benzene rings is 1. The molecule has 1 amide bonds. The average Bonchev–Trinajstić information content (AvgIpc) is 2.87. The second-order valence-electron chi connectivity index (χ2n) is 6.62. The highest BCUT2D eigenvalue weighted by Gasteiger charge is 2.25. The van der Waals surface area contributed by atoms with E-state index in [1.807, 2.05) is 11.8 Å². The Hall–Kier alpha value is -1.40. The van der Waals surface area contributed by atoms with Crippen molar-refractivity contribution < 1.29 is 13.2 Å². The lowest BCUT2D eigenvalue weighted by atomic mass is 10.1. The lowest BCUT2D eigenvalue weighted by molar-refractivity contribution is -0.131. The molecule has 1 saturated heterocycles. The summed E-state index contributed by atoms with van der Waals surface area (Å²) in [6.07, 6.45) is 3.56. The summed E-state index contributed by atoms with van der Waals surface area (Å²) in [5, 5.41) is 0. The van der Waals surface area contributed by atoms with E-state index < -0.39 is 10.0 Å². The molecule has 1 aromatic carbocycles. The zero-order chi connectivity index (χ0) is 18.3. The summed E-state index contributed by atoms with van der Waals surface area (Å²) < 4.78 is 25.9. The van der Waals surface area contributed by atoms with Gasteiger partial charge in [-0.2, -0.15) is 0 Å². The van der Waals surface area contributed by atoms with Crippen LogP contribution in [-0.4, -0.2) is 55.5 Å². The Bertz CT molecular complexity index is 656. The van der Waals surface area contributed by atoms with Gasteiger partial charge in [0.1, 0.15) is 0 Å². The van der Waals surface area contributed by atoms with E-state index in [4.69, 9.17) is 0 Å². The molecule has 0 radical (unpaired) electrons. The van der Waals surface area contributed by atoms with Crippen molar-refractivity contribution >= 4 is 15.9 Å². The van der Waals surface area contributed by atoms with Crippen LogP contribution in [-0.2, 0) is 27.7 Å². The van der Waals surface area contributed by atoms with Gasteiger partial charge in [0.15, 0.2) is 0 Å². The second-order valence-corrected chi connectivity index (χ2v) is 8.71. The highest BCUT2D eigenvalue weighted by atomic mass is 32.2. The standard InChI is InChI=1S/C19H30N2O3S/c1-3-16-25(23,24)21-13-5-12-20(14-15-21)19(22)11-10-18-8-6-17(4-2)7-9-18/h6-9H,3-5,10-16H2,1-2H3. The van der Waals surface area contributed by atoms with Crippen LogP contribution in [0.5, 0.6) is 0 Å². The van der Waals surface area contributed by atoms with Crippen LogP contribution in [0.25, 0.3) is 0 Å². The molecule has 0 bridgehead atoms. The maximum atomic E-state index is 12.5. The minimum Gasteiger partial charge on any atom is -0.341 e. The van der Waals surface area contributed by atoms with Gasteiger partial charge in [0.05, 0.1) is 5.75 Å². The fourth-order valence-electron chi connectivity index (χ4n) is 3.16. The Morgan fingerprint density at radius 2 is 1.68 bits per heavy atom. The zero-order valence-electron chi connectivity index (χ0n) is 15.4. The van der Waals surface area contributed by atoms with Gasteiger partial charge in [0, 0.05) is 32.6 Å². The van der Waals surface area contributed by atoms with Crippen molar-refractivity contribution in [2.45, 2.75) is 46.0 Å². The van der Waals surface area contributed by atoms with E-state index in [0.29, 0.717) is 45.4 Å². The molecule has 1 heterocycles. The number of sulfonamides is 1. The number of nitrogens with zero attached hydrogens (tertiary/aromatic N) is 2. The van der Waals surface area contributed by atoms with Gasteiger partial charge in [0.2, 0.25) is 15.9 Å². The maximum absolute atomic E-state index is 12.5. The molecule has 0 N–H and O–H groups in total. The third kappa shape index (κ3) is 5.82. The van der Waals surface area contributed by atoms with Gasteiger partial charge in [-0.3, -0.25) is 4.79 Å². The van der Waals surface area contributed by atoms with Gasteiger partial charge in [-0.05, 0) is 36.8 Å². The van der Waals surface area contributed by atoms with Gasteiger partial charge in [-0.15, -0.1) is 0 Å². The largest absolute Gasteiger partial charge is 0.341 e. The van der Waals surface area contributed by atoms with E-state index in [2.05, 4.69) is 31.2 Å². The number of carbonyl (C=O) groups is 1. The first-order chi connectivity index (χ1) is 12.0. The number of amides is 1. The molecule has 1 aliphatic heterocycles. The first-order valence-corrected chi connectivity index (χ1v) is 10.9. The molecule has 2 rings (SSSR count). The van der Waals surface area contributed by atoms with Crippen molar-refractivity contribution in [2.24, 2.45) is 0 Å². The van der Waals surface area contributed by atoms with E-state index in [0.717, 1.165) is 12.8 Å². The van der Waals surface area contributed by atoms with Crippen LogP contribution in [0.3, 0.4) is 0 Å². The molecular weight excluding hydrogens is 336 g/mol. The number of hydrogen-bond donors (Lipinski definition) is 0. The zero-order valence-corrected chi connectivity index (χ0v) is 16.2. The fourth-order valence-corrected chi connectivity index (χ4v) is 4.70. The molecule has 140 valence electrons. The van der Waals surface area contributed by atoms with Crippen LogP contribution in [0.4, 0.5) is 0 Å². The van der Waals surface area contributed by atoms with Gasteiger partial charge in [-0.1, -0.05) is 38.1 Å². The molecular formula is C19H30N2O3S. The Morgan fingerprint density at radius 3 is 2.32 bits per heavy atom. The monoisotopic (exact) mass is 366 g/mol. The fraction of sp³-hybridized carbons (Fsp3) is 0.632. The Kier molecular flexibility index (Phi) is 7.44. The number of rotatable bonds is 7. The number of aryl methyl sites for hydroxylation is 2.